The fraction of sp³-hybridized carbons (Fsp3) is 0. The van der Waals surface area contributed by atoms with Crippen LogP contribution in [0.4, 0.5) is 0 Å². The van der Waals surface area contributed by atoms with Crippen LogP contribution in [-0.2, 0) is 4.57 Å². The molecule has 26 heavy (non-hydrogen) atoms. The van der Waals surface area contributed by atoms with E-state index in [2.05, 4.69) is 30.3 Å². The van der Waals surface area contributed by atoms with Gasteiger partial charge < -0.3 is 4.57 Å². The van der Waals surface area contributed by atoms with Crippen molar-refractivity contribution in [3.05, 3.63) is 115 Å². The molecule has 0 fully saturated rings. The quantitative estimate of drug-likeness (QED) is 0.422. The van der Waals surface area contributed by atoms with Crippen LogP contribution in [0.1, 0.15) is 5.56 Å². The fourth-order valence-corrected chi connectivity index (χ4v) is 5.38. The summed E-state index contributed by atoms with van der Waals surface area (Å²) in [5.74, 6) is 1.88. The van der Waals surface area contributed by atoms with E-state index >= 15 is 0 Å². The predicted octanol–water partition coefficient (Wildman–Crippen LogP) is 5.82. The smallest absolute Gasteiger partial charge is 0.164 e. The van der Waals surface area contributed by atoms with Gasteiger partial charge in [-0.25, -0.2) is 0 Å². The molecule has 0 N–H and O–H groups in total. The van der Waals surface area contributed by atoms with Crippen molar-refractivity contribution in [3.8, 4) is 0 Å². The van der Waals surface area contributed by atoms with Crippen LogP contribution in [0.25, 0.3) is 16.8 Å². The van der Waals surface area contributed by atoms with Crippen LogP contribution in [0.15, 0.2) is 109 Å². The minimum absolute atomic E-state index is 0.850. The van der Waals surface area contributed by atoms with Gasteiger partial charge in [0, 0.05) is 10.6 Å². The fourth-order valence-electron chi connectivity index (χ4n) is 3.12. The van der Waals surface area contributed by atoms with Crippen molar-refractivity contribution in [2.75, 3.05) is 0 Å². The molecule has 0 saturated heterocycles. The van der Waals surface area contributed by atoms with Gasteiger partial charge in [0.1, 0.15) is 0 Å². The maximum atomic E-state index is 14.0. The summed E-state index contributed by atoms with van der Waals surface area (Å²) < 4.78 is 14.0. The molecule has 1 nitrogen and oxygen atoms in total. The second-order valence-electron chi connectivity index (χ2n) is 6.25. The molecule has 4 rings (SSSR count). The van der Waals surface area contributed by atoms with E-state index in [-0.39, 0.29) is 0 Å². The predicted molar refractivity (Wildman–Crippen MR) is 113 cm³/mol. The monoisotopic (exact) mass is 354 g/mol. The van der Waals surface area contributed by atoms with Crippen LogP contribution in [-0.4, -0.2) is 0 Å². The molecule has 0 heterocycles. The maximum absolute atomic E-state index is 14.0. The first-order chi connectivity index (χ1) is 12.8. The van der Waals surface area contributed by atoms with Gasteiger partial charge in [-0.2, -0.15) is 0 Å². The van der Waals surface area contributed by atoms with Gasteiger partial charge in [0.05, 0.1) is 0 Å². The van der Waals surface area contributed by atoms with Crippen LogP contribution >= 0.6 is 7.14 Å². The van der Waals surface area contributed by atoms with Crippen molar-refractivity contribution in [3.63, 3.8) is 0 Å². The molecule has 0 aliphatic heterocycles. The minimum Gasteiger partial charge on any atom is -0.309 e. The molecule has 4 aromatic carbocycles. The lowest BCUT2D eigenvalue weighted by molar-refractivity contribution is 0.592. The number of hydrogen-bond donors (Lipinski definition) is 0. The Morgan fingerprint density at radius 1 is 0.577 bits per heavy atom. The lowest BCUT2D eigenvalue weighted by atomic mass is 10.1. The van der Waals surface area contributed by atoms with Gasteiger partial charge in [-0.05, 0) is 28.2 Å². The van der Waals surface area contributed by atoms with E-state index in [1.807, 2.05) is 84.7 Å². The highest BCUT2D eigenvalue weighted by molar-refractivity contribution is 7.81. The first-order valence-electron chi connectivity index (χ1n) is 8.65. The molecule has 0 atom stereocenters. The summed E-state index contributed by atoms with van der Waals surface area (Å²) >= 11 is 0. The lowest BCUT2D eigenvalue weighted by Gasteiger charge is -2.15. The summed E-state index contributed by atoms with van der Waals surface area (Å²) in [6.07, 6.45) is 1.98. The second-order valence-corrected chi connectivity index (χ2v) is 8.90. The molecule has 0 radical (unpaired) electrons. The Morgan fingerprint density at radius 2 is 1.12 bits per heavy atom. The summed E-state index contributed by atoms with van der Waals surface area (Å²) in [5.41, 5.74) is 1.05. The van der Waals surface area contributed by atoms with Gasteiger partial charge in [0.2, 0.25) is 0 Å². The Bertz CT molecular complexity index is 1060. The number of benzene rings is 4. The first-order valence-corrected chi connectivity index (χ1v) is 10.4. The van der Waals surface area contributed by atoms with Crippen LogP contribution in [0.2, 0.25) is 0 Å². The molecule has 126 valence electrons. The highest BCUT2D eigenvalue weighted by atomic mass is 31.2. The van der Waals surface area contributed by atoms with Crippen LogP contribution in [0.3, 0.4) is 0 Å². The third kappa shape index (κ3) is 3.27. The molecule has 0 amide bonds. The topological polar surface area (TPSA) is 17.1 Å². The Morgan fingerprint density at radius 3 is 1.73 bits per heavy atom. The van der Waals surface area contributed by atoms with Crippen LogP contribution < -0.4 is 10.6 Å². The van der Waals surface area contributed by atoms with Crippen LogP contribution in [0.5, 0.6) is 0 Å². The Hall–Kier alpha value is -2.89. The summed E-state index contributed by atoms with van der Waals surface area (Å²) in [6, 6.07) is 34.0. The van der Waals surface area contributed by atoms with E-state index in [9.17, 15) is 4.57 Å². The molecule has 0 aliphatic rings. The molecule has 2 heteroatoms. The third-order valence-corrected chi connectivity index (χ3v) is 7.23. The van der Waals surface area contributed by atoms with Crippen molar-refractivity contribution >= 4 is 34.6 Å². The third-order valence-electron chi connectivity index (χ3n) is 4.53. The zero-order chi connectivity index (χ0) is 17.8. The lowest BCUT2D eigenvalue weighted by Crippen LogP contribution is -2.13. The summed E-state index contributed by atoms with van der Waals surface area (Å²) in [6.45, 7) is 0. The standard InChI is InChI=1S/C24H19OP/c25-26(23-11-3-1-4-12-23,24-13-5-2-6-14-24)18-17-20-15-16-21-9-7-8-10-22(21)19-20/h1-19H/b18-17+. The van der Waals surface area contributed by atoms with Gasteiger partial charge in [-0.3, -0.25) is 0 Å². The molecule has 0 aromatic heterocycles. The largest absolute Gasteiger partial charge is 0.309 e. The number of hydrogen-bond acceptors (Lipinski definition) is 1. The highest BCUT2D eigenvalue weighted by Gasteiger charge is 2.23. The van der Waals surface area contributed by atoms with Gasteiger partial charge >= 0.3 is 0 Å². The van der Waals surface area contributed by atoms with Crippen molar-refractivity contribution < 1.29 is 4.57 Å². The van der Waals surface area contributed by atoms with Crippen molar-refractivity contribution in [2.45, 2.75) is 0 Å². The van der Waals surface area contributed by atoms with Crippen LogP contribution in [0, 0.1) is 0 Å². The van der Waals surface area contributed by atoms with E-state index in [0.29, 0.717) is 0 Å². The average molecular weight is 354 g/mol. The zero-order valence-electron chi connectivity index (χ0n) is 14.3. The normalized spacial score (nSPS) is 11.8. The Kier molecular flexibility index (Phi) is 4.56. The summed E-state index contributed by atoms with van der Waals surface area (Å²) in [7, 11) is -2.83. The van der Waals surface area contributed by atoms with E-state index in [4.69, 9.17) is 0 Å². The van der Waals surface area contributed by atoms with Gasteiger partial charge in [-0.15, -0.1) is 0 Å². The maximum Gasteiger partial charge on any atom is 0.164 e. The Balaban J connectivity index is 1.79. The second kappa shape index (κ2) is 7.15. The molecule has 0 aliphatic carbocycles. The summed E-state index contributed by atoms with van der Waals surface area (Å²) in [5, 5.41) is 4.09. The molecule has 0 unspecified atom stereocenters. The average Bonchev–Trinajstić information content (AvgIpc) is 2.73. The zero-order valence-corrected chi connectivity index (χ0v) is 15.2. The van der Waals surface area contributed by atoms with Crippen molar-refractivity contribution in [2.24, 2.45) is 0 Å². The highest BCUT2D eigenvalue weighted by Crippen LogP contribution is 2.45. The Labute approximate surface area is 154 Å². The molecular weight excluding hydrogens is 335 g/mol. The first kappa shape index (κ1) is 16.6. The minimum atomic E-state index is -2.83. The van der Waals surface area contributed by atoms with Gasteiger partial charge in [0.25, 0.3) is 0 Å². The molecule has 0 spiro atoms. The molecular formula is C24H19OP. The van der Waals surface area contributed by atoms with Gasteiger partial charge in [0.15, 0.2) is 7.14 Å². The summed E-state index contributed by atoms with van der Waals surface area (Å²) in [4.78, 5) is 0. The van der Waals surface area contributed by atoms with E-state index in [1.54, 1.807) is 0 Å². The van der Waals surface area contributed by atoms with E-state index in [1.165, 1.54) is 10.8 Å². The van der Waals surface area contributed by atoms with E-state index in [0.717, 1.165) is 16.2 Å². The van der Waals surface area contributed by atoms with Crippen molar-refractivity contribution in [1.29, 1.82) is 0 Å². The van der Waals surface area contributed by atoms with E-state index < -0.39 is 7.14 Å². The number of rotatable bonds is 4. The molecule has 0 saturated carbocycles. The van der Waals surface area contributed by atoms with Crippen molar-refractivity contribution in [1.82, 2.24) is 0 Å². The van der Waals surface area contributed by atoms with Gasteiger partial charge in [-0.1, -0.05) is 103 Å². The molecule has 0 bridgehead atoms. The molecule has 4 aromatic rings. The number of fused-ring (bicyclic) bond motifs is 1. The SMILES string of the molecule is O=P(/C=C/c1ccc2ccccc2c1)(c1ccccc1)c1ccccc1.